The third kappa shape index (κ3) is 2.44. The van der Waals surface area contributed by atoms with Gasteiger partial charge in [-0.1, -0.05) is 43.5 Å². The van der Waals surface area contributed by atoms with Crippen LogP contribution in [0.3, 0.4) is 0 Å². The molecule has 0 nitrogen and oxygen atoms in total. The maximum absolute atomic E-state index is 5.90. The SMILES string of the molecule is Clc1cc(Br)cc(CBr)c1Br. The minimum absolute atomic E-state index is 0.730. The molecule has 0 aliphatic heterocycles. The summed E-state index contributed by atoms with van der Waals surface area (Å²) in [4.78, 5) is 0. The summed E-state index contributed by atoms with van der Waals surface area (Å²) in [6.45, 7) is 0. The van der Waals surface area contributed by atoms with E-state index in [1.807, 2.05) is 12.1 Å². The van der Waals surface area contributed by atoms with Gasteiger partial charge in [0.15, 0.2) is 0 Å². The van der Waals surface area contributed by atoms with E-state index in [1.165, 1.54) is 0 Å². The van der Waals surface area contributed by atoms with Gasteiger partial charge in [-0.15, -0.1) is 0 Å². The van der Waals surface area contributed by atoms with Crippen molar-refractivity contribution >= 4 is 59.4 Å². The van der Waals surface area contributed by atoms with Crippen LogP contribution in [0, 0.1) is 0 Å². The summed E-state index contributed by atoms with van der Waals surface area (Å²) in [7, 11) is 0. The third-order valence-corrected chi connectivity index (χ3v) is 3.74. The van der Waals surface area contributed by atoms with Gasteiger partial charge >= 0.3 is 0 Å². The highest BCUT2D eigenvalue weighted by Crippen LogP contribution is 2.31. The van der Waals surface area contributed by atoms with E-state index in [2.05, 4.69) is 47.8 Å². The van der Waals surface area contributed by atoms with Gasteiger partial charge in [0.05, 0.1) is 5.02 Å². The Hall–Kier alpha value is 0.950. The molecule has 0 atom stereocenters. The molecule has 0 aromatic heterocycles. The van der Waals surface area contributed by atoms with Gasteiger partial charge in [-0.25, -0.2) is 0 Å². The maximum Gasteiger partial charge on any atom is 0.0562 e. The summed E-state index contributed by atoms with van der Waals surface area (Å²) < 4.78 is 1.96. The Labute approximate surface area is 95.7 Å². The molecule has 0 amide bonds. The number of hydrogen-bond donors (Lipinski definition) is 0. The van der Waals surface area contributed by atoms with Crippen LogP contribution < -0.4 is 0 Å². The van der Waals surface area contributed by atoms with Gasteiger partial charge in [0.1, 0.15) is 0 Å². The highest BCUT2D eigenvalue weighted by molar-refractivity contribution is 9.11. The molecule has 0 spiro atoms. The van der Waals surface area contributed by atoms with E-state index in [0.29, 0.717) is 0 Å². The number of hydrogen-bond acceptors (Lipinski definition) is 0. The van der Waals surface area contributed by atoms with Crippen molar-refractivity contribution in [1.29, 1.82) is 0 Å². The van der Waals surface area contributed by atoms with Crippen LogP contribution >= 0.6 is 59.4 Å². The van der Waals surface area contributed by atoms with Crippen molar-refractivity contribution < 1.29 is 0 Å². The fourth-order valence-corrected chi connectivity index (χ4v) is 2.77. The minimum atomic E-state index is 0.730. The molecule has 0 saturated carbocycles. The van der Waals surface area contributed by atoms with Crippen LogP contribution in [-0.4, -0.2) is 0 Å². The fraction of sp³-hybridized carbons (Fsp3) is 0.143. The molecule has 0 bridgehead atoms. The molecule has 0 unspecified atom stereocenters. The lowest BCUT2D eigenvalue weighted by atomic mass is 10.2. The monoisotopic (exact) mass is 360 g/mol. The molecular formula is C7H4Br3Cl. The maximum atomic E-state index is 5.90. The van der Waals surface area contributed by atoms with Gasteiger partial charge in [0.25, 0.3) is 0 Å². The van der Waals surface area contributed by atoms with Crippen LogP contribution in [0.4, 0.5) is 0 Å². The van der Waals surface area contributed by atoms with Crippen LogP contribution in [-0.2, 0) is 5.33 Å². The predicted octanol–water partition coefficient (Wildman–Crippen LogP) is 4.76. The molecule has 0 aliphatic rings. The standard InChI is InChI=1S/C7H4Br3Cl/c8-3-4-1-5(9)2-6(11)7(4)10/h1-2H,3H2. The van der Waals surface area contributed by atoms with E-state index in [9.17, 15) is 0 Å². The lowest BCUT2D eigenvalue weighted by Gasteiger charge is -2.02. The quantitative estimate of drug-likeness (QED) is 0.499. The van der Waals surface area contributed by atoms with Crippen molar-refractivity contribution in [2.24, 2.45) is 0 Å². The van der Waals surface area contributed by atoms with Gasteiger partial charge in [-0.2, -0.15) is 0 Å². The lowest BCUT2D eigenvalue weighted by molar-refractivity contribution is 1.38. The first-order valence-corrected chi connectivity index (χ1v) is 5.93. The second kappa shape index (κ2) is 4.26. The fourth-order valence-electron chi connectivity index (χ4n) is 0.707. The van der Waals surface area contributed by atoms with Crippen molar-refractivity contribution in [3.8, 4) is 0 Å². The largest absolute Gasteiger partial charge is 0.0876 e. The summed E-state index contributed by atoms with van der Waals surface area (Å²) in [6, 6.07) is 3.88. The van der Waals surface area contributed by atoms with Crippen molar-refractivity contribution in [1.82, 2.24) is 0 Å². The van der Waals surface area contributed by atoms with Crippen molar-refractivity contribution in [2.45, 2.75) is 5.33 Å². The molecule has 1 aromatic rings. The minimum Gasteiger partial charge on any atom is -0.0876 e. The van der Waals surface area contributed by atoms with E-state index in [-0.39, 0.29) is 0 Å². The van der Waals surface area contributed by atoms with E-state index in [0.717, 1.165) is 24.9 Å². The Bertz CT molecular complexity index is 273. The summed E-state index contributed by atoms with van der Waals surface area (Å²) >= 11 is 16.0. The Balaban J connectivity index is 3.24. The molecule has 0 saturated heterocycles. The van der Waals surface area contributed by atoms with Crippen LogP contribution in [0.5, 0.6) is 0 Å². The Kier molecular flexibility index (Phi) is 3.89. The van der Waals surface area contributed by atoms with Crippen LogP contribution in [0.1, 0.15) is 5.56 Å². The lowest BCUT2D eigenvalue weighted by Crippen LogP contribution is -1.81. The van der Waals surface area contributed by atoms with E-state index in [4.69, 9.17) is 11.6 Å². The molecule has 1 aromatic carbocycles. The zero-order valence-electron chi connectivity index (χ0n) is 5.37. The first-order chi connectivity index (χ1) is 5.15. The van der Waals surface area contributed by atoms with Gasteiger partial charge in [-0.3, -0.25) is 0 Å². The summed E-state index contributed by atoms with van der Waals surface area (Å²) in [5.41, 5.74) is 1.14. The second-order valence-electron chi connectivity index (χ2n) is 1.99. The molecule has 0 fully saturated rings. The van der Waals surface area contributed by atoms with Crippen LogP contribution in [0.15, 0.2) is 21.1 Å². The first-order valence-electron chi connectivity index (χ1n) is 2.84. The van der Waals surface area contributed by atoms with Gasteiger partial charge in [0.2, 0.25) is 0 Å². The number of halogens is 4. The molecule has 1 rings (SSSR count). The van der Waals surface area contributed by atoms with Gasteiger partial charge < -0.3 is 0 Å². The van der Waals surface area contributed by atoms with Crippen molar-refractivity contribution in [3.05, 3.63) is 31.7 Å². The summed E-state index contributed by atoms with van der Waals surface area (Å²) in [5.74, 6) is 0. The number of rotatable bonds is 1. The second-order valence-corrected chi connectivity index (χ2v) is 4.67. The molecule has 11 heavy (non-hydrogen) atoms. The zero-order valence-corrected chi connectivity index (χ0v) is 10.9. The average molecular weight is 363 g/mol. The molecule has 60 valence electrons. The first kappa shape index (κ1) is 10.0. The number of alkyl halides is 1. The number of benzene rings is 1. The molecule has 0 N–H and O–H groups in total. The van der Waals surface area contributed by atoms with Crippen LogP contribution in [0.2, 0.25) is 5.02 Å². The molecular weight excluding hydrogens is 359 g/mol. The smallest absolute Gasteiger partial charge is 0.0562 e. The van der Waals surface area contributed by atoms with Gasteiger partial charge in [0, 0.05) is 14.3 Å². The molecule has 0 radical (unpaired) electrons. The Morgan fingerprint density at radius 3 is 2.45 bits per heavy atom. The van der Waals surface area contributed by atoms with Crippen LogP contribution in [0.25, 0.3) is 0 Å². The molecule has 0 aliphatic carbocycles. The highest BCUT2D eigenvalue weighted by Gasteiger charge is 2.04. The summed E-state index contributed by atoms with van der Waals surface area (Å²) in [6.07, 6.45) is 0. The van der Waals surface area contributed by atoms with Gasteiger partial charge in [-0.05, 0) is 33.6 Å². The summed E-state index contributed by atoms with van der Waals surface area (Å²) in [5, 5.41) is 1.53. The highest BCUT2D eigenvalue weighted by atomic mass is 79.9. The average Bonchev–Trinajstić information content (AvgIpc) is 1.96. The van der Waals surface area contributed by atoms with E-state index in [1.54, 1.807) is 0 Å². The topological polar surface area (TPSA) is 0 Å². The predicted molar refractivity (Wildman–Crippen MR) is 59.5 cm³/mol. The third-order valence-electron chi connectivity index (χ3n) is 1.21. The zero-order chi connectivity index (χ0) is 8.43. The molecule has 4 heteroatoms. The molecule has 0 heterocycles. The van der Waals surface area contributed by atoms with E-state index >= 15 is 0 Å². The van der Waals surface area contributed by atoms with E-state index < -0.39 is 0 Å². The Morgan fingerprint density at radius 1 is 1.27 bits per heavy atom. The Morgan fingerprint density at radius 2 is 1.91 bits per heavy atom. The van der Waals surface area contributed by atoms with Crippen molar-refractivity contribution in [3.63, 3.8) is 0 Å². The normalized spacial score (nSPS) is 10.2. The van der Waals surface area contributed by atoms with Crippen molar-refractivity contribution in [2.75, 3.05) is 0 Å².